The highest BCUT2D eigenvalue weighted by molar-refractivity contribution is 5.52. The quantitative estimate of drug-likeness (QED) is 0.545. The van der Waals surface area contributed by atoms with Crippen molar-refractivity contribution in [1.82, 2.24) is 15.0 Å². The van der Waals surface area contributed by atoms with E-state index in [1.165, 1.54) is 10.9 Å². The van der Waals surface area contributed by atoms with Crippen molar-refractivity contribution in [3.8, 4) is 5.69 Å². The molecule has 0 aliphatic heterocycles. The largest absolute Gasteiger partial charge is 0.240 e. The average Bonchev–Trinajstić information content (AvgIpc) is 2.66. The van der Waals surface area contributed by atoms with Gasteiger partial charge in [-0.25, -0.2) is 4.79 Å². The third-order valence-electron chi connectivity index (χ3n) is 1.84. The number of benzene rings is 1. The van der Waals surface area contributed by atoms with E-state index in [1.54, 1.807) is 24.4 Å². The first kappa shape index (κ1) is 9.30. The summed E-state index contributed by atoms with van der Waals surface area (Å²) in [4.78, 5) is 15.1. The van der Waals surface area contributed by atoms with Crippen LogP contribution in [-0.4, -0.2) is 21.1 Å². The molecule has 5 nitrogen and oxygen atoms in total. The number of rotatable bonds is 2. The molecular formula is C10H8N4O. The third-order valence-corrected chi connectivity index (χ3v) is 1.84. The van der Waals surface area contributed by atoms with E-state index in [1.807, 2.05) is 13.0 Å². The molecule has 2 aromatic rings. The SMILES string of the molecule is Cc1cnn(-c2cccc(N=C=O)c2)n1. The van der Waals surface area contributed by atoms with Gasteiger partial charge in [-0.05, 0) is 25.1 Å². The highest BCUT2D eigenvalue weighted by atomic mass is 16.1. The number of aliphatic imine (C=N–C) groups is 1. The molecule has 0 saturated carbocycles. The van der Waals surface area contributed by atoms with Gasteiger partial charge in [-0.3, -0.25) is 0 Å². The van der Waals surface area contributed by atoms with Crippen LogP contribution in [0, 0.1) is 6.92 Å². The van der Waals surface area contributed by atoms with Gasteiger partial charge in [-0.15, -0.1) is 0 Å². The van der Waals surface area contributed by atoms with Crippen LogP contribution in [0.5, 0.6) is 0 Å². The summed E-state index contributed by atoms with van der Waals surface area (Å²) >= 11 is 0. The Morgan fingerprint density at radius 1 is 1.47 bits per heavy atom. The lowest BCUT2D eigenvalue weighted by molar-refractivity contribution is 0.565. The fourth-order valence-corrected chi connectivity index (χ4v) is 1.20. The van der Waals surface area contributed by atoms with Crippen LogP contribution in [0.4, 0.5) is 5.69 Å². The van der Waals surface area contributed by atoms with Crippen LogP contribution in [0.25, 0.3) is 5.69 Å². The van der Waals surface area contributed by atoms with Gasteiger partial charge in [0.05, 0.1) is 23.3 Å². The van der Waals surface area contributed by atoms with Crippen LogP contribution in [0.1, 0.15) is 5.69 Å². The van der Waals surface area contributed by atoms with Crippen molar-refractivity contribution in [2.75, 3.05) is 0 Å². The van der Waals surface area contributed by atoms with Crippen LogP contribution in [0.3, 0.4) is 0 Å². The van der Waals surface area contributed by atoms with Gasteiger partial charge >= 0.3 is 0 Å². The lowest BCUT2D eigenvalue weighted by atomic mass is 10.3. The maximum Gasteiger partial charge on any atom is 0.240 e. The molecule has 0 aliphatic rings. The molecule has 0 bridgehead atoms. The summed E-state index contributed by atoms with van der Waals surface area (Å²) in [6, 6.07) is 7.04. The molecule has 0 unspecified atom stereocenters. The summed E-state index contributed by atoms with van der Waals surface area (Å²) in [6.45, 7) is 1.86. The smallest absolute Gasteiger partial charge is 0.211 e. The minimum Gasteiger partial charge on any atom is -0.211 e. The zero-order valence-electron chi connectivity index (χ0n) is 8.08. The van der Waals surface area contributed by atoms with Crippen molar-refractivity contribution >= 4 is 11.8 Å². The molecule has 0 saturated heterocycles. The molecule has 0 N–H and O–H groups in total. The second kappa shape index (κ2) is 3.86. The molecule has 0 fully saturated rings. The van der Waals surface area contributed by atoms with Gasteiger partial charge in [0.15, 0.2) is 0 Å². The Morgan fingerprint density at radius 2 is 2.33 bits per heavy atom. The summed E-state index contributed by atoms with van der Waals surface area (Å²) in [5.74, 6) is 0. The van der Waals surface area contributed by atoms with E-state index in [9.17, 15) is 4.79 Å². The molecule has 0 aliphatic carbocycles. The molecule has 2 rings (SSSR count). The molecule has 5 heteroatoms. The lowest BCUT2D eigenvalue weighted by Crippen LogP contribution is -1.97. The van der Waals surface area contributed by atoms with E-state index in [2.05, 4.69) is 15.2 Å². The number of hydrogen-bond donors (Lipinski definition) is 0. The Hall–Kier alpha value is -2.26. The van der Waals surface area contributed by atoms with Gasteiger partial charge in [-0.2, -0.15) is 20.0 Å². The van der Waals surface area contributed by atoms with Crippen LogP contribution < -0.4 is 0 Å². The van der Waals surface area contributed by atoms with E-state index in [-0.39, 0.29) is 0 Å². The summed E-state index contributed by atoms with van der Waals surface area (Å²) < 4.78 is 0. The average molecular weight is 200 g/mol. The predicted octanol–water partition coefficient (Wildman–Crippen LogP) is 1.54. The molecule has 1 aromatic carbocycles. The third kappa shape index (κ3) is 1.98. The Morgan fingerprint density at radius 3 is 3.00 bits per heavy atom. The summed E-state index contributed by atoms with van der Waals surface area (Å²) in [6.07, 6.45) is 3.16. The van der Waals surface area contributed by atoms with Crippen LogP contribution in [0.15, 0.2) is 35.5 Å². The lowest BCUT2D eigenvalue weighted by Gasteiger charge is -1.98. The Bertz CT molecular complexity index is 526. The van der Waals surface area contributed by atoms with Gasteiger partial charge in [0.25, 0.3) is 0 Å². The van der Waals surface area contributed by atoms with Crippen molar-refractivity contribution in [3.63, 3.8) is 0 Å². The van der Waals surface area contributed by atoms with Crippen LogP contribution >= 0.6 is 0 Å². The van der Waals surface area contributed by atoms with E-state index < -0.39 is 0 Å². The maximum absolute atomic E-state index is 10.1. The van der Waals surface area contributed by atoms with Crippen molar-refractivity contribution in [3.05, 3.63) is 36.2 Å². The van der Waals surface area contributed by atoms with Gasteiger partial charge < -0.3 is 0 Å². The van der Waals surface area contributed by atoms with Crippen molar-refractivity contribution in [2.45, 2.75) is 6.92 Å². The minimum atomic E-state index is 0.539. The highest BCUT2D eigenvalue weighted by Crippen LogP contribution is 2.15. The Balaban J connectivity index is 2.44. The number of aryl methyl sites for hydroxylation is 1. The standard InChI is InChI=1S/C10H8N4O/c1-8-6-12-14(13-8)10-4-2-3-9(5-10)11-7-15/h2-6H,1H3. The van der Waals surface area contributed by atoms with Crippen LogP contribution in [-0.2, 0) is 4.79 Å². The normalized spacial score (nSPS) is 9.67. The van der Waals surface area contributed by atoms with E-state index >= 15 is 0 Å². The first-order valence-electron chi connectivity index (χ1n) is 4.37. The first-order chi connectivity index (χ1) is 7.29. The molecule has 0 radical (unpaired) electrons. The van der Waals surface area contributed by atoms with Crippen molar-refractivity contribution in [1.29, 1.82) is 0 Å². The molecular weight excluding hydrogens is 192 g/mol. The van der Waals surface area contributed by atoms with E-state index in [0.29, 0.717) is 5.69 Å². The number of aromatic nitrogens is 3. The molecule has 0 spiro atoms. The molecule has 1 aromatic heterocycles. The van der Waals surface area contributed by atoms with Gasteiger partial charge in [0, 0.05) is 0 Å². The van der Waals surface area contributed by atoms with Crippen LogP contribution in [0.2, 0.25) is 0 Å². The van der Waals surface area contributed by atoms with Crippen molar-refractivity contribution < 1.29 is 4.79 Å². The first-order valence-corrected chi connectivity index (χ1v) is 4.37. The Kier molecular flexibility index (Phi) is 2.39. The number of isocyanates is 1. The monoisotopic (exact) mass is 200 g/mol. The zero-order chi connectivity index (χ0) is 10.7. The molecule has 1 heterocycles. The number of nitrogens with zero attached hydrogens (tertiary/aromatic N) is 4. The summed E-state index contributed by atoms with van der Waals surface area (Å²) in [7, 11) is 0. The van der Waals surface area contributed by atoms with Gasteiger partial charge in [-0.1, -0.05) is 6.07 Å². The zero-order valence-corrected chi connectivity index (χ0v) is 8.08. The molecule has 15 heavy (non-hydrogen) atoms. The number of carbonyl (C=O) groups excluding carboxylic acids is 1. The highest BCUT2D eigenvalue weighted by Gasteiger charge is 2.00. The minimum absolute atomic E-state index is 0.539. The summed E-state index contributed by atoms with van der Waals surface area (Å²) in [5.41, 5.74) is 2.14. The molecule has 0 amide bonds. The van der Waals surface area contributed by atoms with Gasteiger partial charge in [0.2, 0.25) is 6.08 Å². The van der Waals surface area contributed by atoms with Crippen molar-refractivity contribution in [2.24, 2.45) is 4.99 Å². The molecule has 74 valence electrons. The maximum atomic E-state index is 10.1. The second-order valence-corrected chi connectivity index (χ2v) is 3.00. The summed E-state index contributed by atoms with van der Waals surface area (Å²) in [5, 5.41) is 8.20. The molecule has 0 atom stereocenters. The number of hydrogen-bond acceptors (Lipinski definition) is 4. The van der Waals surface area contributed by atoms with E-state index in [4.69, 9.17) is 0 Å². The van der Waals surface area contributed by atoms with Gasteiger partial charge in [0.1, 0.15) is 0 Å². The second-order valence-electron chi connectivity index (χ2n) is 3.00. The fourth-order valence-electron chi connectivity index (χ4n) is 1.20. The topological polar surface area (TPSA) is 60.1 Å². The Labute approximate surface area is 86.1 Å². The fraction of sp³-hybridized carbons (Fsp3) is 0.100. The van der Waals surface area contributed by atoms with E-state index in [0.717, 1.165) is 11.4 Å². The predicted molar refractivity (Wildman–Crippen MR) is 53.9 cm³/mol.